The van der Waals surface area contributed by atoms with E-state index in [0.29, 0.717) is 10.0 Å². The Hall–Kier alpha value is -0.240. The van der Waals surface area contributed by atoms with E-state index < -0.39 is 0 Å². The third-order valence-electron chi connectivity index (χ3n) is 3.44. The molecule has 1 fully saturated rings. The van der Waals surface area contributed by atoms with Crippen molar-refractivity contribution in [2.75, 3.05) is 13.1 Å². The van der Waals surface area contributed by atoms with Gasteiger partial charge < -0.3 is 5.32 Å². The van der Waals surface area contributed by atoms with Crippen molar-refractivity contribution < 1.29 is 0 Å². The number of halogens is 2. The molecular weight excluding hydrogens is 241 g/mol. The summed E-state index contributed by atoms with van der Waals surface area (Å²) in [6.07, 6.45) is 2.36. The van der Waals surface area contributed by atoms with Crippen LogP contribution in [0.3, 0.4) is 0 Å². The van der Waals surface area contributed by atoms with Gasteiger partial charge in [0.2, 0.25) is 0 Å². The highest BCUT2D eigenvalue weighted by molar-refractivity contribution is 6.42. The predicted molar refractivity (Wildman–Crippen MR) is 70.3 cm³/mol. The molecule has 1 aliphatic heterocycles. The highest BCUT2D eigenvalue weighted by atomic mass is 35.5. The maximum atomic E-state index is 6.02. The molecule has 0 radical (unpaired) electrons. The quantitative estimate of drug-likeness (QED) is 0.851. The Bertz CT molecular complexity index is 365. The van der Waals surface area contributed by atoms with Crippen molar-refractivity contribution in [2.24, 2.45) is 11.8 Å². The average Bonchev–Trinajstić information content (AvgIpc) is 2.27. The van der Waals surface area contributed by atoms with E-state index in [4.69, 9.17) is 23.2 Å². The van der Waals surface area contributed by atoms with Crippen molar-refractivity contribution in [1.29, 1.82) is 0 Å². The monoisotopic (exact) mass is 257 g/mol. The van der Waals surface area contributed by atoms with Crippen molar-refractivity contribution in [3.63, 3.8) is 0 Å². The Morgan fingerprint density at radius 3 is 2.81 bits per heavy atom. The number of benzene rings is 1. The lowest BCUT2D eigenvalue weighted by molar-refractivity contribution is 0.272. The molecule has 0 amide bonds. The second-order valence-electron chi connectivity index (χ2n) is 4.68. The van der Waals surface area contributed by atoms with E-state index in [-0.39, 0.29) is 0 Å². The molecule has 0 spiro atoms. The van der Waals surface area contributed by atoms with Crippen LogP contribution in [-0.2, 0) is 6.42 Å². The summed E-state index contributed by atoms with van der Waals surface area (Å²) in [5.41, 5.74) is 1.30. The molecule has 1 aromatic carbocycles. The van der Waals surface area contributed by atoms with Crippen LogP contribution in [0.2, 0.25) is 10.0 Å². The molecule has 0 bridgehead atoms. The molecule has 1 aromatic rings. The zero-order chi connectivity index (χ0) is 11.5. The maximum absolute atomic E-state index is 6.02. The van der Waals surface area contributed by atoms with Crippen LogP contribution in [0.4, 0.5) is 0 Å². The van der Waals surface area contributed by atoms with Gasteiger partial charge in [-0.25, -0.2) is 0 Å². The van der Waals surface area contributed by atoms with Gasteiger partial charge in [0.1, 0.15) is 0 Å². The van der Waals surface area contributed by atoms with Gasteiger partial charge in [-0.05, 0) is 55.5 Å². The van der Waals surface area contributed by atoms with E-state index in [0.717, 1.165) is 31.3 Å². The summed E-state index contributed by atoms with van der Waals surface area (Å²) in [5.74, 6) is 1.50. The fraction of sp³-hybridized carbons (Fsp3) is 0.538. The van der Waals surface area contributed by atoms with Crippen LogP contribution in [-0.4, -0.2) is 13.1 Å². The van der Waals surface area contributed by atoms with Crippen LogP contribution in [0.25, 0.3) is 0 Å². The molecule has 2 unspecified atom stereocenters. The van der Waals surface area contributed by atoms with Gasteiger partial charge in [-0.15, -0.1) is 0 Å². The fourth-order valence-corrected chi connectivity index (χ4v) is 2.66. The number of nitrogens with one attached hydrogen (secondary N) is 1. The van der Waals surface area contributed by atoms with Crippen molar-refractivity contribution in [2.45, 2.75) is 19.8 Å². The second-order valence-corrected chi connectivity index (χ2v) is 5.50. The topological polar surface area (TPSA) is 12.0 Å². The lowest BCUT2D eigenvalue weighted by atomic mass is 9.83. The van der Waals surface area contributed by atoms with E-state index in [9.17, 15) is 0 Å². The van der Waals surface area contributed by atoms with E-state index in [2.05, 4.69) is 18.3 Å². The second kappa shape index (κ2) is 5.39. The van der Waals surface area contributed by atoms with Gasteiger partial charge in [0.05, 0.1) is 10.0 Å². The molecule has 1 aliphatic rings. The summed E-state index contributed by atoms with van der Waals surface area (Å²) >= 11 is 11.9. The van der Waals surface area contributed by atoms with Crippen molar-refractivity contribution in [3.8, 4) is 0 Å². The number of hydrogen-bond acceptors (Lipinski definition) is 1. The minimum absolute atomic E-state index is 0.642. The van der Waals surface area contributed by atoms with Gasteiger partial charge >= 0.3 is 0 Å². The van der Waals surface area contributed by atoms with E-state index in [1.54, 1.807) is 0 Å². The molecule has 1 nitrogen and oxygen atoms in total. The van der Waals surface area contributed by atoms with Crippen LogP contribution < -0.4 is 5.32 Å². The first kappa shape index (κ1) is 12.2. The molecule has 2 atom stereocenters. The molecule has 0 saturated carbocycles. The molecule has 16 heavy (non-hydrogen) atoms. The molecule has 2 rings (SSSR count). The summed E-state index contributed by atoms with van der Waals surface area (Å²) in [7, 11) is 0. The SMILES string of the molecule is CC1CNCCC1Cc1ccc(Cl)c(Cl)c1. The maximum Gasteiger partial charge on any atom is 0.0595 e. The molecule has 0 aliphatic carbocycles. The summed E-state index contributed by atoms with van der Waals surface area (Å²) in [6.45, 7) is 4.58. The van der Waals surface area contributed by atoms with Gasteiger partial charge in [0.15, 0.2) is 0 Å². The normalized spacial score (nSPS) is 25.7. The standard InChI is InChI=1S/C13H17Cl2N/c1-9-8-16-5-4-11(9)6-10-2-3-12(14)13(15)7-10/h2-3,7,9,11,16H,4-6,8H2,1H3. The van der Waals surface area contributed by atoms with E-state index in [1.807, 2.05) is 12.1 Å². The molecule has 1 N–H and O–H groups in total. The molecule has 3 heteroatoms. The lowest BCUT2D eigenvalue weighted by Crippen LogP contribution is -2.35. The Morgan fingerprint density at radius 1 is 1.31 bits per heavy atom. The highest BCUT2D eigenvalue weighted by Gasteiger charge is 2.21. The zero-order valence-electron chi connectivity index (χ0n) is 9.47. The van der Waals surface area contributed by atoms with Gasteiger partial charge in [-0.3, -0.25) is 0 Å². The Kier molecular flexibility index (Phi) is 4.12. The van der Waals surface area contributed by atoms with Crippen molar-refractivity contribution in [3.05, 3.63) is 33.8 Å². The number of rotatable bonds is 2. The van der Waals surface area contributed by atoms with Gasteiger partial charge in [0, 0.05) is 0 Å². The highest BCUT2D eigenvalue weighted by Crippen LogP contribution is 2.27. The third-order valence-corrected chi connectivity index (χ3v) is 4.18. The summed E-state index contributed by atoms with van der Waals surface area (Å²) < 4.78 is 0. The Morgan fingerprint density at radius 2 is 2.12 bits per heavy atom. The minimum atomic E-state index is 0.642. The van der Waals surface area contributed by atoms with E-state index >= 15 is 0 Å². The first-order chi connectivity index (χ1) is 7.66. The van der Waals surface area contributed by atoms with Gasteiger partial charge in [-0.2, -0.15) is 0 Å². The largest absolute Gasteiger partial charge is 0.316 e. The number of piperidine rings is 1. The van der Waals surface area contributed by atoms with Crippen molar-refractivity contribution >= 4 is 23.2 Å². The molecule has 88 valence electrons. The summed E-state index contributed by atoms with van der Waals surface area (Å²) in [6, 6.07) is 5.98. The predicted octanol–water partition coefficient (Wildman–Crippen LogP) is 3.78. The van der Waals surface area contributed by atoms with Crippen LogP contribution in [0.15, 0.2) is 18.2 Å². The molecular formula is C13H17Cl2N. The summed E-state index contributed by atoms with van der Waals surface area (Å²) in [5, 5.41) is 4.73. The first-order valence-corrected chi connectivity index (χ1v) is 6.57. The first-order valence-electron chi connectivity index (χ1n) is 5.81. The van der Waals surface area contributed by atoms with Gasteiger partial charge in [-0.1, -0.05) is 36.2 Å². The molecule has 1 saturated heterocycles. The number of hydrogen-bond donors (Lipinski definition) is 1. The van der Waals surface area contributed by atoms with E-state index in [1.165, 1.54) is 12.0 Å². The molecule has 0 aromatic heterocycles. The Balaban J connectivity index is 2.05. The zero-order valence-corrected chi connectivity index (χ0v) is 11.0. The average molecular weight is 258 g/mol. The lowest BCUT2D eigenvalue weighted by Gasteiger charge is -2.29. The Labute approximate surface area is 107 Å². The summed E-state index contributed by atoms with van der Waals surface area (Å²) in [4.78, 5) is 0. The van der Waals surface area contributed by atoms with Crippen LogP contribution >= 0.6 is 23.2 Å². The smallest absolute Gasteiger partial charge is 0.0595 e. The van der Waals surface area contributed by atoms with Gasteiger partial charge in [0.25, 0.3) is 0 Å². The fourth-order valence-electron chi connectivity index (χ4n) is 2.34. The van der Waals surface area contributed by atoms with Crippen LogP contribution in [0, 0.1) is 11.8 Å². The molecule has 1 heterocycles. The minimum Gasteiger partial charge on any atom is -0.316 e. The van der Waals surface area contributed by atoms with Crippen LogP contribution in [0.1, 0.15) is 18.9 Å². The third kappa shape index (κ3) is 2.91. The van der Waals surface area contributed by atoms with Crippen LogP contribution in [0.5, 0.6) is 0 Å². The van der Waals surface area contributed by atoms with Crippen molar-refractivity contribution in [1.82, 2.24) is 5.32 Å².